The zero-order valence-electron chi connectivity index (χ0n) is 27.7. The van der Waals surface area contributed by atoms with E-state index >= 15 is 0 Å². The lowest BCUT2D eigenvalue weighted by molar-refractivity contribution is -0.128. The van der Waals surface area contributed by atoms with Crippen LogP contribution in [-0.4, -0.2) is 59.9 Å². The molecule has 0 aliphatic heterocycles. The Hall–Kier alpha value is -4.64. The zero-order valence-corrected chi connectivity index (χ0v) is 27.7. The summed E-state index contributed by atoms with van der Waals surface area (Å²) in [4.78, 5) is 51.4. The molecule has 11 heteroatoms. The summed E-state index contributed by atoms with van der Waals surface area (Å²) in [7, 11) is 0. The minimum Gasteiger partial charge on any atom is -0.445 e. The number of nitrogens with one attached hydrogen (secondary N) is 4. The van der Waals surface area contributed by atoms with Gasteiger partial charge in [-0.25, -0.2) is 9.59 Å². The molecular weight excluding hydrogens is 588 g/mol. The van der Waals surface area contributed by atoms with E-state index in [-0.39, 0.29) is 26.1 Å². The molecule has 0 aromatic heterocycles. The fourth-order valence-electron chi connectivity index (χ4n) is 3.90. The zero-order chi connectivity index (χ0) is 34.5. The average Bonchev–Trinajstić information content (AvgIpc) is 3.03. The highest BCUT2D eigenvalue weighted by Crippen LogP contribution is 2.13. The Labute approximate surface area is 272 Å². The summed E-state index contributed by atoms with van der Waals surface area (Å²) in [6.07, 6.45) is 1.53. The van der Waals surface area contributed by atoms with Crippen molar-refractivity contribution in [3.05, 3.63) is 90.5 Å². The van der Waals surface area contributed by atoms with Crippen molar-refractivity contribution in [2.75, 3.05) is 18.5 Å². The monoisotopic (exact) mass is 638 g/mol. The van der Waals surface area contributed by atoms with Crippen molar-refractivity contribution in [3.63, 3.8) is 0 Å². The normalized spacial score (nSPS) is 11.8. The Morgan fingerprint density at radius 1 is 0.870 bits per heavy atom. The molecule has 46 heavy (non-hydrogen) atoms. The quantitative estimate of drug-likeness (QED) is 0.122. The number of alkyl carbamates (subject to hydrolysis) is 2. The maximum absolute atomic E-state index is 13.5. The molecular formula is C35H50N4O7. The average molecular weight is 639 g/mol. The summed E-state index contributed by atoms with van der Waals surface area (Å²) in [5.41, 5.74) is 1.84. The number of amides is 4. The molecule has 0 saturated heterocycles. The summed E-state index contributed by atoms with van der Waals surface area (Å²) in [5, 5.41) is 20.2. The second kappa shape index (κ2) is 21.2. The summed E-state index contributed by atoms with van der Waals surface area (Å²) in [5.74, 6) is -1.03. The number of carbonyl (C=O) groups is 4. The number of unbranched alkanes of at least 4 members (excludes halogenated alkanes) is 1. The van der Waals surface area contributed by atoms with E-state index in [1.54, 1.807) is 45.0 Å². The van der Waals surface area contributed by atoms with E-state index in [1.165, 1.54) is 6.08 Å². The number of aliphatic hydroxyl groups excluding tert-OH is 1. The Morgan fingerprint density at radius 2 is 1.52 bits per heavy atom. The highest BCUT2D eigenvalue weighted by atomic mass is 16.6. The van der Waals surface area contributed by atoms with Crippen molar-refractivity contribution >= 4 is 29.7 Å². The van der Waals surface area contributed by atoms with Gasteiger partial charge in [0.1, 0.15) is 24.3 Å². The van der Waals surface area contributed by atoms with Gasteiger partial charge in [0, 0.05) is 18.7 Å². The third kappa shape index (κ3) is 16.4. The van der Waals surface area contributed by atoms with Crippen LogP contribution in [0, 0.1) is 0 Å². The number of ether oxygens (including phenoxy) is 2. The molecule has 0 radical (unpaired) electrons. The van der Waals surface area contributed by atoms with Crippen molar-refractivity contribution in [2.45, 2.75) is 84.6 Å². The highest BCUT2D eigenvalue weighted by molar-refractivity contribution is 5.98. The predicted molar refractivity (Wildman–Crippen MR) is 180 cm³/mol. The van der Waals surface area contributed by atoms with Gasteiger partial charge in [-0.05, 0) is 68.9 Å². The van der Waals surface area contributed by atoms with Gasteiger partial charge in [-0.15, -0.1) is 0 Å². The van der Waals surface area contributed by atoms with Crippen LogP contribution in [0.15, 0.2) is 79.4 Å². The van der Waals surface area contributed by atoms with E-state index in [0.717, 1.165) is 5.56 Å². The Kier molecular flexibility index (Phi) is 18.1. The molecule has 252 valence electrons. The minimum atomic E-state index is -1.05. The van der Waals surface area contributed by atoms with Crippen LogP contribution in [0.2, 0.25) is 0 Å². The Bertz CT molecular complexity index is 1260. The van der Waals surface area contributed by atoms with Gasteiger partial charge in [-0.3, -0.25) is 9.59 Å². The van der Waals surface area contributed by atoms with E-state index in [4.69, 9.17) is 9.47 Å². The van der Waals surface area contributed by atoms with Crippen LogP contribution >= 0.6 is 0 Å². The highest BCUT2D eigenvalue weighted by Gasteiger charge is 2.27. The van der Waals surface area contributed by atoms with Crippen LogP contribution in [-0.2, 0) is 32.1 Å². The van der Waals surface area contributed by atoms with Gasteiger partial charge in [0.2, 0.25) is 11.8 Å². The number of hydrogen-bond acceptors (Lipinski definition) is 7. The standard InChI is InChI=1S/C33H44N4O7.C2H6/c1-6-23(2)22-43-32(42)37-28(20-24-12-8-7-9-13-24)30(40)36-27(14-10-11-19-34-31(41)44-33(3,4)5)29(39)35-26-17-15-25(21-38)16-18-26;1-2/h6-9,12-13,15-18,27-28,38H,1-2,10-11,14,19-22H2,3-5H3,(H,34,41)(H,35,39)(H,36,40)(H,37,42);1-2H3. The van der Waals surface area contributed by atoms with Crippen LogP contribution in [0.5, 0.6) is 0 Å². The molecule has 2 aromatic rings. The Morgan fingerprint density at radius 3 is 2.11 bits per heavy atom. The number of hydrogen-bond donors (Lipinski definition) is 5. The molecule has 0 heterocycles. The first kappa shape index (κ1) is 39.4. The van der Waals surface area contributed by atoms with Gasteiger partial charge in [-0.1, -0.05) is 75.5 Å². The predicted octanol–water partition coefficient (Wildman–Crippen LogP) is 5.40. The number of anilines is 1. The molecule has 5 N–H and O–H groups in total. The van der Waals surface area contributed by atoms with Crippen molar-refractivity contribution in [1.82, 2.24) is 16.0 Å². The molecule has 0 fully saturated rings. The fraction of sp³-hybridized carbons (Fsp3) is 0.429. The van der Waals surface area contributed by atoms with E-state index in [9.17, 15) is 24.3 Å². The fourth-order valence-corrected chi connectivity index (χ4v) is 3.90. The van der Waals surface area contributed by atoms with Gasteiger partial charge in [0.05, 0.1) is 6.61 Å². The van der Waals surface area contributed by atoms with E-state index < -0.39 is 41.7 Å². The summed E-state index contributed by atoms with van der Waals surface area (Å²) >= 11 is 0. The minimum absolute atomic E-state index is 0.0908. The maximum Gasteiger partial charge on any atom is 0.408 e. The second-order valence-electron chi connectivity index (χ2n) is 11.2. The molecule has 0 saturated carbocycles. The van der Waals surface area contributed by atoms with Crippen molar-refractivity contribution in [3.8, 4) is 0 Å². The van der Waals surface area contributed by atoms with Crippen molar-refractivity contribution < 1.29 is 33.8 Å². The van der Waals surface area contributed by atoms with Crippen LogP contribution < -0.4 is 21.3 Å². The summed E-state index contributed by atoms with van der Waals surface area (Å²) in [6, 6.07) is 13.8. The lowest BCUT2D eigenvalue weighted by atomic mass is 10.0. The first-order valence-corrected chi connectivity index (χ1v) is 15.5. The molecule has 2 aromatic carbocycles. The largest absolute Gasteiger partial charge is 0.445 e. The number of carbonyl (C=O) groups excluding carboxylic acids is 4. The molecule has 11 nitrogen and oxygen atoms in total. The molecule has 0 aliphatic carbocycles. The number of benzene rings is 2. The first-order chi connectivity index (χ1) is 21.9. The summed E-state index contributed by atoms with van der Waals surface area (Å²) in [6.45, 7) is 16.7. The van der Waals surface area contributed by atoms with E-state index in [1.807, 2.05) is 44.2 Å². The SMILES string of the molecule is C=CC(=C)COC(=O)NC(Cc1ccccc1)C(=O)NC(CCCCNC(=O)OC(C)(C)C)C(=O)Nc1ccc(CO)cc1.CC. The number of rotatable bonds is 16. The molecule has 0 aliphatic rings. The molecule has 2 atom stereocenters. The van der Waals surface area contributed by atoms with Crippen molar-refractivity contribution in [2.24, 2.45) is 0 Å². The van der Waals surface area contributed by atoms with Crippen LogP contribution in [0.1, 0.15) is 65.0 Å². The Balaban J connectivity index is 0.00000518. The second-order valence-corrected chi connectivity index (χ2v) is 11.2. The number of aliphatic hydroxyl groups is 1. The van der Waals surface area contributed by atoms with Gasteiger partial charge in [0.25, 0.3) is 0 Å². The lowest BCUT2D eigenvalue weighted by Gasteiger charge is -2.23. The van der Waals surface area contributed by atoms with Gasteiger partial charge in [0.15, 0.2) is 0 Å². The van der Waals surface area contributed by atoms with Crippen LogP contribution in [0.4, 0.5) is 15.3 Å². The van der Waals surface area contributed by atoms with Crippen LogP contribution in [0.25, 0.3) is 0 Å². The van der Waals surface area contributed by atoms with Gasteiger partial charge < -0.3 is 35.8 Å². The topological polar surface area (TPSA) is 155 Å². The molecule has 4 amide bonds. The summed E-state index contributed by atoms with van der Waals surface area (Å²) < 4.78 is 10.4. The van der Waals surface area contributed by atoms with E-state index in [2.05, 4.69) is 34.4 Å². The molecule has 0 spiro atoms. The van der Waals surface area contributed by atoms with Crippen LogP contribution in [0.3, 0.4) is 0 Å². The third-order valence-electron chi connectivity index (χ3n) is 6.19. The molecule has 0 bridgehead atoms. The van der Waals surface area contributed by atoms with E-state index in [0.29, 0.717) is 36.2 Å². The smallest absolute Gasteiger partial charge is 0.408 e. The van der Waals surface area contributed by atoms with Gasteiger partial charge >= 0.3 is 12.2 Å². The first-order valence-electron chi connectivity index (χ1n) is 15.5. The molecule has 2 unspecified atom stereocenters. The maximum atomic E-state index is 13.5. The lowest BCUT2D eigenvalue weighted by Crippen LogP contribution is -2.53. The van der Waals surface area contributed by atoms with Gasteiger partial charge in [-0.2, -0.15) is 0 Å². The molecule has 2 rings (SSSR count). The van der Waals surface area contributed by atoms with Crippen molar-refractivity contribution in [1.29, 1.82) is 0 Å². The third-order valence-corrected chi connectivity index (χ3v) is 6.19.